The normalized spacial score (nSPS) is 21.6. The molecule has 0 amide bonds. The predicted molar refractivity (Wildman–Crippen MR) is 182 cm³/mol. The second-order valence-corrected chi connectivity index (χ2v) is 13.6. The van der Waals surface area contributed by atoms with Crippen molar-refractivity contribution in [1.82, 2.24) is 4.98 Å². The fourth-order valence-corrected chi connectivity index (χ4v) is 7.29. The van der Waals surface area contributed by atoms with Crippen molar-refractivity contribution < 1.29 is 23.8 Å². The van der Waals surface area contributed by atoms with Crippen molar-refractivity contribution in [3.63, 3.8) is 0 Å². The van der Waals surface area contributed by atoms with Crippen LogP contribution in [0, 0.1) is 17.8 Å². The molecule has 0 spiro atoms. The van der Waals surface area contributed by atoms with Gasteiger partial charge in [-0.05, 0) is 104 Å². The lowest BCUT2D eigenvalue weighted by Crippen LogP contribution is -2.30. The Labute approximate surface area is 274 Å². The number of ether oxygens (including phenoxy) is 3. The first-order chi connectivity index (χ1) is 22.4. The topological polar surface area (TPSA) is 90.3 Å². The van der Waals surface area contributed by atoms with E-state index >= 15 is 0 Å². The number of anilines is 1. The molecule has 6 rings (SSSR count). The van der Waals surface area contributed by atoms with E-state index in [1.165, 1.54) is 18.4 Å². The highest BCUT2D eigenvalue weighted by molar-refractivity contribution is 7.22. The molecule has 0 atom stereocenters. The van der Waals surface area contributed by atoms with Crippen molar-refractivity contribution in [1.29, 1.82) is 0 Å². The molecule has 240 valence electrons. The van der Waals surface area contributed by atoms with Crippen LogP contribution in [0.25, 0.3) is 10.2 Å². The van der Waals surface area contributed by atoms with Crippen LogP contribution in [-0.4, -0.2) is 37.3 Å². The summed E-state index contributed by atoms with van der Waals surface area (Å²) >= 11 is 1.58. The van der Waals surface area contributed by atoms with Crippen molar-refractivity contribution in [3.8, 4) is 17.2 Å². The molecule has 1 heterocycles. The van der Waals surface area contributed by atoms with Gasteiger partial charge in [0.2, 0.25) is 5.13 Å². The Balaban J connectivity index is 1.12. The van der Waals surface area contributed by atoms with Crippen LogP contribution in [0.3, 0.4) is 0 Å². The molecule has 9 heteroatoms. The fourth-order valence-electron chi connectivity index (χ4n) is 6.40. The first-order valence-electron chi connectivity index (χ1n) is 16.2. The summed E-state index contributed by atoms with van der Waals surface area (Å²) in [5.41, 5.74) is 2.97. The molecule has 2 aliphatic rings. The van der Waals surface area contributed by atoms with Gasteiger partial charge in [0, 0.05) is 12.6 Å². The molecular weight excluding hydrogens is 598 g/mol. The molecule has 3 aromatic carbocycles. The number of esters is 2. The van der Waals surface area contributed by atoms with E-state index < -0.39 is 0 Å². The molecule has 4 aromatic rings. The average Bonchev–Trinajstić information content (AvgIpc) is 3.53. The first-order valence-corrected chi connectivity index (χ1v) is 17.0. The van der Waals surface area contributed by atoms with Crippen LogP contribution < -0.4 is 19.2 Å². The molecule has 0 aliphatic heterocycles. The molecule has 0 radical (unpaired) electrons. The maximum Gasteiger partial charge on any atom is 0.314 e. The molecule has 0 bridgehead atoms. The number of para-hydroxylation sites is 1. The summed E-state index contributed by atoms with van der Waals surface area (Å²) in [6, 6.07) is 21.1. The third-order valence-corrected chi connectivity index (χ3v) is 10.4. The van der Waals surface area contributed by atoms with Gasteiger partial charge in [0.05, 0.1) is 35.4 Å². The first kappa shape index (κ1) is 31.7. The number of hydrogen-bond acceptors (Lipinski definition) is 9. The Hall–Kier alpha value is -4.24. The monoisotopic (exact) mass is 639 g/mol. The standard InChI is InChI=1S/C37H41N3O5S/c1-24-8-10-25(11-9-24)28-16-21-33(29(22-28)23-38-40(2)37-39-32-6-4-5-7-34(32)46-37)45-36(42)27-14-12-26(13-15-27)35(41)44-31-19-17-30(43-3)18-20-31/h4-7,16-27H,8-15H2,1-3H3/b38-23+. The lowest BCUT2D eigenvalue weighted by Gasteiger charge is -2.27. The number of aromatic nitrogens is 1. The number of hydrazone groups is 1. The number of rotatable bonds is 9. The molecule has 0 unspecified atom stereocenters. The number of nitrogens with zero attached hydrogens (tertiary/aromatic N) is 3. The molecule has 2 fully saturated rings. The van der Waals surface area contributed by atoms with Crippen molar-refractivity contribution in [2.24, 2.45) is 22.9 Å². The van der Waals surface area contributed by atoms with Crippen molar-refractivity contribution in [3.05, 3.63) is 77.9 Å². The van der Waals surface area contributed by atoms with Crippen molar-refractivity contribution >= 4 is 44.8 Å². The molecule has 0 saturated heterocycles. The van der Waals surface area contributed by atoms with E-state index in [9.17, 15) is 9.59 Å². The molecule has 0 N–H and O–H groups in total. The van der Waals surface area contributed by atoms with Crippen LogP contribution in [-0.2, 0) is 9.59 Å². The third kappa shape index (κ3) is 7.58. The predicted octanol–water partition coefficient (Wildman–Crippen LogP) is 8.39. The summed E-state index contributed by atoms with van der Waals surface area (Å²) < 4.78 is 17.9. The van der Waals surface area contributed by atoms with Crippen LogP contribution in [0.15, 0.2) is 71.8 Å². The number of carbonyl (C=O) groups excluding carboxylic acids is 2. The minimum Gasteiger partial charge on any atom is -0.497 e. The Bertz CT molecular complexity index is 1650. The Kier molecular flexibility index (Phi) is 9.97. The van der Waals surface area contributed by atoms with E-state index in [4.69, 9.17) is 24.3 Å². The Morgan fingerprint density at radius 3 is 2.17 bits per heavy atom. The highest BCUT2D eigenvalue weighted by Gasteiger charge is 2.32. The number of hydrogen-bond donors (Lipinski definition) is 0. The molecule has 8 nitrogen and oxygen atoms in total. The van der Waals surface area contributed by atoms with E-state index in [-0.39, 0.29) is 23.8 Å². The zero-order valence-electron chi connectivity index (χ0n) is 26.7. The number of methoxy groups -OCH3 is 1. The summed E-state index contributed by atoms with van der Waals surface area (Å²) in [4.78, 5) is 30.9. The van der Waals surface area contributed by atoms with Crippen LogP contribution >= 0.6 is 11.3 Å². The molecule has 46 heavy (non-hydrogen) atoms. The smallest absolute Gasteiger partial charge is 0.314 e. The summed E-state index contributed by atoms with van der Waals surface area (Å²) in [6.45, 7) is 2.33. The second kappa shape index (κ2) is 14.5. The minimum atomic E-state index is -0.278. The lowest BCUT2D eigenvalue weighted by molar-refractivity contribution is -0.145. The highest BCUT2D eigenvalue weighted by atomic mass is 32.1. The SMILES string of the molecule is COc1ccc(OC(=O)C2CCC(C(=O)Oc3ccc(C4CCC(C)CC4)cc3/C=N/N(C)c3nc4ccccc4s3)CC2)cc1. The second-order valence-electron chi connectivity index (χ2n) is 12.6. The van der Waals surface area contributed by atoms with Gasteiger partial charge in [-0.2, -0.15) is 5.10 Å². The summed E-state index contributed by atoms with van der Waals surface area (Å²) in [7, 11) is 3.47. The Morgan fingerprint density at radius 2 is 1.50 bits per heavy atom. The van der Waals surface area contributed by atoms with E-state index in [0.29, 0.717) is 48.8 Å². The third-order valence-electron chi connectivity index (χ3n) is 9.33. The average molecular weight is 640 g/mol. The van der Waals surface area contributed by atoms with Gasteiger partial charge in [-0.1, -0.05) is 49.3 Å². The molecule has 1 aromatic heterocycles. The quantitative estimate of drug-likeness (QED) is 0.0786. The summed E-state index contributed by atoms with van der Waals surface area (Å²) in [5.74, 6) is 1.89. The van der Waals surface area contributed by atoms with Gasteiger partial charge in [-0.25, -0.2) is 9.99 Å². The van der Waals surface area contributed by atoms with E-state index in [1.54, 1.807) is 53.9 Å². The van der Waals surface area contributed by atoms with E-state index in [0.717, 1.165) is 39.7 Å². The minimum absolute atomic E-state index is 0.246. The van der Waals surface area contributed by atoms with E-state index in [1.807, 2.05) is 31.3 Å². The molecule has 2 aliphatic carbocycles. The van der Waals surface area contributed by atoms with Crippen LogP contribution in [0.4, 0.5) is 5.13 Å². The van der Waals surface area contributed by atoms with Crippen molar-refractivity contribution in [2.45, 2.75) is 64.2 Å². The van der Waals surface area contributed by atoms with Gasteiger partial charge in [0.15, 0.2) is 0 Å². The maximum absolute atomic E-state index is 13.4. The maximum atomic E-state index is 13.4. The number of fused-ring (bicyclic) bond motifs is 1. The number of benzene rings is 3. The van der Waals surface area contributed by atoms with E-state index in [2.05, 4.69) is 25.1 Å². The zero-order valence-corrected chi connectivity index (χ0v) is 27.5. The molecule has 2 saturated carbocycles. The van der Waals surface area contributed by atoms with Crippen LogP contribution in [0.1, 0.15) is 75.3 Å². The largest absolute Gasteiger partial charge is 0.497 e. The fraction of sp³-hybridized carbons (Fsp3) is 0.405. The van der Waals surface area contributed by atoms with Gasteiger partial charge in [0.25, 0.3) is 0 Å². The number of carbonyl (C=O) groups is 2. The number of thiazole rings is 1. The summed E-state index contributed by atoms with van der Waals surface area (Å²) in [6.07, 6.45) is 8.84. The zero-order chi connectivity index (χ0) is 32.0. The van der Waals surface area contributed by atoms with Gasteiger partial charge < -0.3 is 14.2 Å². The lowest BCUT2D eigenvalue weighted by atomic mass is 9.79. The van der Waals surface area contributed by atoms with Gasteiger partial charge in [0.1, 0.15) is 17.2 Å². The summed E-state index contributed by atoms with van der Waals surface area (Å²) in [5, 5.41) is 7.27. The van der Waals surface area contributed by atoms with Crippen molar-refractivity contribution in [2.75, 3.05) is 19.2 Å². The molecular formula is C37H41N3O5S. The van der Waals surface area contributed by atoms with Gasteiger partial charge in [-0.15, -0.1) is 0 Å². The highest BCUT2D eigenvalue weighted by Crippen LogP contribution is 2.38. The Morgan fingerprint density at radius 1 is 0.848 bits per heavy atom. The van der Waals surface area contributed by atoms with Gasteiger partial charge in [-0.3, -0.25) is 9.59 Å². The van der Waals surface area contributed by atoms with Crippen LogP contribution in [0.2, 0.25) is 0 Å². The van der Waals surface area contributed by atoms with Gasteiger partial charge >= 0.3 is 11.9 Å². The van der Waals surface area contributed by atoms with Crippen LogP contribution in [0.5, 0.6) is 17.2 Å².